The van der Waals surface area contributed by atoms with E-state index in [0.717, 1.165) is 37.1 Å². The fourth-order valence-corrected chi connectivity index (χ4v) is 3.55. The van der Waals surface area contributed by atoms with Gasteiger partial charge in [-0.25, -0.2) is 4.79 Å². The Kier molecular flexibility index (Phi) is 8.12. The van der Waals surface area contributed by atoms with Gasteiger partial charge in [-0.05, 0) is 37.5 Å². The summed E-state index contributed by atoms with van der Waals surface area (Å²) in [5.74, 6) is 0.951. The first-order valence-corrected chi connectivity index (χ1v) is 10.7. The molecule has 3 amide bonds. The van der Waals surface area contributed by atoms with Gasteiger partial charge in [0.15, 0.2) is 0 Å². The van der Waals surface area contributed by atoms with Gasteiger partial charge in [-0.1, -0.05) is 54.4 Å². The second-order valence-corrected chi connectivity index (χ2v) is 7.68. The summed E-state index contributed by atoms with van der Waals surface area (Å²) in [5, 5.41) is 5.88. The fraction of sp³-hybridized carbons (Fsp3) is 0.417. The molecule has 1 atom stereocenters. The van der Waals surface area contributed by atoms with E-state index < -0.39 is 0 Å². The number of hydrogen-bond donors (Lipinski definition) is 2. The molecule has 0 radical (unpaired) electrons. The molecule has 6 heteroatoms. The van der Waals surface area contributed by atoms with E-state index in [1.165, 1.54) is 5.56 Å². The summed E-state index contributed by atoms with van der Waals surface area (Å²) in [6.07, 6.45) is 3.62. The van der Waals surface area contributed by atoms with Crippen molar-refractivity contribution in [3.8, 4) is 5.75 Å². The molecule has 1 unspecified atom stereocenters. The first kappa shape index (κ1) is 21.7. The number of benzene rings is 2. The van der Waals surface area contributed by atoms with Gasteiger partial charge >= 0.3 is 6.03 Å². The molecule has 3 rings (SSSR count). The minimum absolute atomic E-state index is 0.169. The van der Waals surface area contributed by atoms with Crippen molar-refractivity contribution in [2.75, 3.05) is 26.2 Å². The molecule has 6 nitrogen and oxygen atoms in total. The first-order valence-electron chi connectivity index (χ1n) is 10.7. The molecule has 30 heavy (non-hydrogen) atoms. The van der Waals surface area contributed by atoms with Crippen molar-refractivity contribution in [2.45, 2.75) is 38.6 Å². The quantitative estimate of drug-likeness (QED) is 0.651. The van der Waals surface area contributed by atoms with Crippen LogP contribution in [0.1, 0.15) is 42.9 Å². The highest BCUT2D eigenvalue weighted by Gasteiger charge is 2.23. The van der Waals surface area contributed by atoms with Gasteiger partial charge in [-0.2, -0.15) is 0 Å². The number of amides is 3. The third-order valence-corrected chi connectivity index (χ3v) is 5.26. The van der Waals surface area contributed by atoms with Crippen molar-refractivity contribution >= 4 is 11.9 Å². The molecule has 1 aliphatic rings. The lowest BCUT2D eigenvalue weighted by atomic mass is 10.1. The molecular formula is C24H31N3O3. The van der Waals surface area contributed by atoms with Crippen LogP contribution in [0, 0.1) is 6.92 Å². The zero-order chi connectivity index (χ0) is 21.2. The number of likely N-dealkylation sites (tertiary alicyclic amines) is 1. The van der Waals surface area contributed by atoms with Crippen LogP contribution in [0.15, 0.2) is 54.6 Å². The molecule has 0 bridgehead atoms. The zero-order valence-corrected chi connectivity index (χ0v) is 17.6. The predicted octanol–water partition coefficient (Wildman–Crippen LogP) is 3.82. The molecule has 1 heterocycles. The van der Waals surface area contributed by atoms with Gasteiger partial charge in [-0.15, -0.1) is 0 Å². The Bertz CT molecular complexity index is 808. The summed E-state index contributed by atoms with van der Waals surface area (Å²) in [6, 6.07) is 17.1. The van der Waals surface area contributed by atoms with E-state index >= 15 is 0 Å². The zero-order valence-electron chi connectivity index (χ0n) is 17.6. The summed E-state index contributed by atoms with van der Waals surface area (Å²) in [6.45, 7) is 4.03. The maximum atomic E-state index is 12.5. The van der Waals surface area contributed by atoms with Crippen LogP contribution in [0.5, 0.6) is 5.75 Å². The van der Waals surface area contributed by atoms with E-state index in [-0.39, 0.29) is 18.0 Å². The number of hydrogen-bond acceptors (Lipinski definition) is 3. The van der Waals surface area contributed by atoms with Crippen LogP contribution >= 0.6 is 0 Å². The number of nitrogens with zero attached hydrogens (tertiary/aromatic N) is 1. The second-order valence-electron chi connectivity index (χ2n) is 7.68. The molecule has 1 aliphatic heterocycles. The summed E-state index contributed by atoms with van der Waals surface area (Å²) < 4.78 is 5.66. The number of nitrogens with one attached hydrogen (secondary N) is 2. The van der Waals surface area contributed by atoms with Gasteiger partial charge in [0.1, 0.15) is 12.4 Å². The maximum Gasteiger partial charge on any atom is 0.315 e. The predicted molar refractivity (Wildman–Crippen MR) is 117 cm³/mol. The van der Waals surface area contributed by atoms with Crippen LogP contribution < -0.4 is 15.4 Å². The molecule has 2 aromatic rings. The van der Waals surface area contributed by atoms with Crippen molar-refractivity contribution in [2.24, 2.45) is 0 Å². The molecule has 2 N–H and O–H groups in total. The molecule has 160 valence electrons. The summed E-state index contributed by atoms with van der Waals surface area (Å²) in [4.78, 5) is 26.8. The molecule has 2 aromatic carbocycles. The number of carbonyl (C=O) groups excluding carboxylic acids is 2. The summed E-state index contributed by atoms with van der Waals surface area (Å²) in [7, 11) is 0. The third kappa shape index (κ3) is 6.79. The van der Waals surface area contributed by atoms with Crippen LogP contribution in [-0.4, -0.2) is 43.1 Å². The van der Waals surface area contributed by atoms with Crippen molar-refractivity contribution in [1.29, 1.82) is 0 Å². The molecule has 0 aromatic heterocycles. The summed E-state index contributed by atoms with van der Waals surface area (Å²) in [5.41, 5.74) is 2.16. The van der Waals surface area contributed by atoms with Crippen LogP contribution in [0.3, 0.4) is 0 Å². The van der Waals surface area contributed by atoms with Gasteiger partial charge in [0.05, 0.1) is 12.6 Å². The van der Waals surface area contributed by atoms with Crippen molar-refractivity contribution in [1.82, 2.24) is 15.5 Å². The number of carbonyl (C=O) groups is 2. The SMILES string of the molecule is Cc1ccc(OCCNC(=O)NC(CN2CCCCCC2=O)c2ccccc2)cc1. The smallest absolute Gasteiger partial charge is 0.315 e. The highest BCUT2D eigenvalue weighted by atomic mass is 16.5. The summed E-state index contributed by atoms with van der Waals surface area (Å²) >= 11 is 0. The number of rotatable bonds is 8. The number of aryl methyl sites for hydroxylation is 1. The molecule has 1 saturated heterocycles. The Hall–Kier alpha value is -3.02. The minimum atomic E-state index is -0.265. The normalized spacial score (nSPS) is 15.2. The van der Waals surface area contributed by atoms with E-state index in [2.05, 4.69) is 10.6 Å². The molecule has 0 saturated carbocycles. The topological polar surface area (TPSA) is 70.7 Å². The number of urea groups is 1. The van der Waals surface area contributed by atoms with E-state index in [1.807, 2.05) is 66.4 Å². The van der Waals surface area contributed by atoms with Gasteiger partial charge in [0.2, 0.25) is 5.91 Å². The Morgan fingerprint density at radius 1 is 1.07 bits per heavy atom. The molecular weight excluding hydrogens is 378 g/mol. The van der Waals surface area contributed by atoms with Crippen molar-refractivity contribution < 1.29 is 14.3 Å². The Morgan fingerprint density at radius 2 is 1.83 bits per heavy atom. The second kappa shape index (κ2) is 11.2. The lowest BCUT2D eigenvalue weighted by Gasteiger charge is -2.27. The molecule has 0 aliphatic carbocycles. The van der Waals surface area contributed by atoms with Crippen LogP contribution in [0.2, 0.25) is 0 Å². The highest BCUT2D eigenvalue weighted by Crippen LogP contribution is 2.18. The van der Waals surface area contributed by atoms with Crippen LogP contribution in [0.25, 0.3) is 0 Å². The molecule has 1 fully saturated rings. The van der Waals surface area contributed by atoms with Crippen LogP contribution in [-0.2, 0) is 4.79 Å². The van der Waals surface area contributed by atoms with Crippen molar-refractivity contribution in [3.05, 3.63) is 65.7 Å². The number of ether oxygens (including phenoxy) is 1. The Morgan fingerprint density at radius 3 is 2.60 bits per heavy atom. The Labute approximate surface area is 178 Å². The van der Waals surface area contributed by atoms with Gasteiger partial charge in [-0.3, -0.25) is 4.79 Å². The average Bonchev–Trinajstić information content (AvgIpc) is 2.97. The lowest BCUT2D eigenvalue weighted by Crippen LogP contribution is -2.45. The first-order chi connectivity index (χ1) is 14.6. The van der Waals surface area contributed by atoms with Crippen LogP contribution in [0.4, 0.5) is 4.79 Å². The largest absolute Gasteiger partial charge is 0.492 e. The average molecular weight is 410 g/mol. The van der Waals surface area contributed by atoms with Gasteiger partial charge in [0, 0.05) is 19.5 Å². The lowest BCUT2D eigenvalue weighted by molar-refractivity contribution is -0.131. The Balaban J connectivity index is 1.52. The van der Waals surface area contributed by atoms with E-state index in [9.17, 15) is 9.59 Å². The van der Waals surface area contributed by atoms with E-state index in [1.54, 1.807) is 0 Å². The minimum Gasteiger partial charge on any atom is -0.492 e. The van der Waals surface area contributed by atoms with E-state index in [4.69, 9.17) is 4.74 Å². The standard InChI is InChI=1S/C24H31N3O3/c1-19-11-13-21(14-12-19)30-17-15-25-24(29)26-22(20-8-4-2-5-9-20)18-27-16-7-3-6-10-23(27)28/h2,4-5,8-9,11-14,22H,3,6-7,10,15-18H2,1H3,(H2,25,26,29). The monoisotopic (exact) mass is 409 g/mol. The highest BCUT2D eigenvalue weighted by molar-refractivity contribution is 5.77. The van der Waals surface area contributed by atoms with Gasteiger partial charge in [0.25, 0.3) is 0 Å². The fourth-order valence-electron chi connectivity index (χ4n) is 3.55. The van der Waals surface area contributed by atoms with E-state index in [0.29, 0.717) is 26.1 Å². The van der Waals surface area contributed by atoms with Crippen molar-refractivity contribution in [3.63, 3.8) is 0 Å². The molecule has 0 spiro atoms. The maximum absolute atomic E-state index is 12.5. The third-order valence-electron chi connectivity index (χ3n) is 5.26. The van der Waals surface area contributed by atoms with Gasteiger partial charge < -0.3 is 20.3 Å².